The summed E-state index contributed by atoms with van der Waals surface area (Å²) in [6.45, 7) is 5.85. The average molecular weight is 314 g/mol. The Morgan fingerprint density at radius 1 is 1.33 bits per heavy atom. The van der Waals surface area contributed by atoms with Gasteiger partial charge < -0.3 is 4.74 Å². The second kappa shape index (κ2) is 7.67. The second-order valence-electron chi connectivity index (χ2n) is 4.59. The number of ether oxygens (including phenoxy) is 1. The van der Waals surface area contributed by atoms with E-state index in [1.54, 1.807) is 0 Å². The normalized spacial score (nSPS) is 11.2. The maximum atomic E-state index is 12.0. The van der Waals surface area contributed by atoms with Gasteiger partial charge in [-0.05, 0) is 33.0 Å². The van der Waals surface area contributed by atoms with E-state index in [1.165, 1.54) is 0 Å². The molecule has 0 spiro atoms. The minimum Gasteiger partial charge on any atom is -0.377 e. The van der Waals surface area contributed by atoms with E-state index in [4.69, 9.17) is 4.74 Å². The van der Waals surface area contributed by atoms with Gasteiger partial charge in [-0.2, -0.15) is 0 Å². The van der Waals surface area contributed by atoms with Crippen LogP contribution in [0.5, 0.6) is 0 Å². The number of hydrogen-bond acceptors (Lipinski definition) is 3. The van der Waals surface area contributed by atoms with E-state index in [1.807, 2.05) is 50.1 Å². The van der Waals surface area contributed by atoms with Crippen molar-refractivity contribution in [3.63, 3.8) is 0 Å². The summed E-state index contributed by atoms with van der Waals surface area (Å²) in [4.78, 5) is 13.9. The fraction of sp³-hybridized carbons (Fsp3) is 0.500. The maximum Gasteiger partial charge on any atom is 0.176 e. The van der Waals surface area contributed by atoms with Crippen molar-refractivity contribution in [3.05, 3.63) is 34.3 Å². The highest BCUT2D eigenvalue weighted by molar-refractivity contribution is 9.10. The number of hydrogen-bond donors (Lipinski definition) is 0. The van der Waals surface area contributed by atoms with Crippen LogP contribution in [0, 0.1) is 0 Å². The molecule has 1 rings (SSSR count). The summed E-state index contributed by atoms with van der Waals surface area (Å²) in [5, 5.41) is 0. The lowest BCUT2D eigenvalue weighted by molar-refractivity contribution is 0.0619. The van der Waals surface area contributed by atoms with E-state index in [0.29, 0.717) is 13.2 Å². The van der Waals surface area contributed by atoms with Crippen molar-refractivity contribution in [2.75, 3.05) is 26.7 Å². The van der Waals surface area contributed by atoms with Crippen molar-refractivity contribution >= 4 is 21.7 Å². The van der Waals surface area contributed by atoms with Crippen LogP contribution < -0.4 is 0 Å². The van der Waals surface area contributed by atoms with Crippen LogP contribution in [0.4, 0.5) is 0 Å². The minimum atomic E-state index is 0.134. The van der Waals surface area contributed by atoms with Gasteiger partial charge in [-0.15, -0.1) is 0 Å². The molecule has 0 aromatic heterocycles. The Hall–Kier alpha value is -0.710. The highest BCUT2D eigenvalue weighted by Gasteiger charge is 2.09. The van der Waals surface area contributed by atoms with Crippen LogP contribution in [0.25, 0.3) is 0 Å². The molecular formula is C14H20BrNO2. The summed E-state index contributed by atoms with van der Waals surface area (Å²) in [5.41, 5.74) is 0.745. The number of carbonyl (C=O) groups is 1. The number of carbonyl (C=O) groups excluding carboxylic acids is 1. The molecule has 0 saturated carbocycles. The number of nitrogens with zero attached hydrogens (tertiary/aromatic N) is 1. The smallest absolute Gasteiger partial charge is 0.176 e. The Morgan fingerprint density at radius 2 is 1.94 bits per heavy atom. The van der Waals surface area contributed by atoms with Crippen LogP contribution >= 0.6 is 15.9 Å². The van der Waals surface area contributed by atoms with Gasteiger partial charge in [0.1, 0.15) is 0 Å². The molecule has 0 N–H and O–H groups in total. The molecule has 0 aliphatic heterocycles. The highest BCUT2D eigenvalue weighted by Crippen LogP contribution is 2.11. The Bertz CT molecular complexity index is 376. The number of likely N-dealkylation sites (N-methyl/N-ethyl adjacent to an activating group) is 1. The number of rotatable bonds is 7. The summed E-state index contributed by atoms with van der Waals surface area (Å²) >= 11 is 3.35. The van der Waals surface area contributed by atoms with E-state index in [0.717, 1.165) is 16.6 Å². The summed E-state index contributed by atoms with van der Waals surface area (Å²) in [6, 6.07) is 7.44. The van der Waals surface area contributed by atoms with Crippen LogP contribution in [0.15, 0.2) is 28.7 Å². The monoisotopic (exact) mass is 313 g/mol. The minimum absolute atomic E-state index is 0.134. The van der Waals surface area contributed by atoms with Crippen molar-refractivity contribution in [1.29, 1.82) is 0 Å². The topological polar surface area (TPSA) is 29.5 Å². The lowest BCUT2D eigenvalue weighted by atomic mass is 10.1. The molecule has 4 heteroatoms. The summed E-state index contributed by atoms with van der Waals surface area (Å²) < 4.78 is 6.44. The van der Waals surface area contributed by atoms with Crippen LogP contribution in [0.1, 0.15) is 24.2 Å². The first kappa shape index (κ1) is 15.3. The molecule has 0 fully saturated rings. The molecule has 0 radical (unpaired) electrons. The molecule has 18 heavy (non-hydrogen) atoms. The third kappa shape index (κ3) is 5.76. The fourth-order valence-electron chi connectivity index (χ4n) is 1.50. The van der Waals surface area contributed by atoms with Crippen molar-refractivity contribution in [2.45, 2.75) is 20.0 Å². The average Bonchev–Trinajstić information content (AvgIpc) is 2.29. The van der Waals surface area contributed by atoms with Gasteiger partial charge >= 0.3 is 0 Å². The molecule has 0 aliphatic rings. The SMILES string of the molecule is CC(C)OCCN(C)CC(=O)c1ccc(Br)cc1. The molecule has 0 aliphatic carbocycles. The highest BCUT2D eigenvalue weighted by atomic mass is 79.9. The van der Waals surface area contributed by atoms with Crippen LogP contribution in [-0.4, -0.2) is 43.5 Å². The van der Waals surface area contributed by atoms with E-state index >= 15 is 0 Å². The molecule has 0 unspecified atom stereocenters. The van der Waals surface area contributed by atoms with Crippen LogP contribution in [0.3, 0.4) is 0 Å². The summed E-state index contributed by atoms with van der Waals surface area (Å²) in [6.07, 6.45) is 0.237. The Labute approximate surface area is 117 Å². The number of ketones is 1. The predicted molar refractivity (Wildman–Crippen MR) is 77.1 cm³/mol. The molecule has 0 amide bonds. The van der Waals surface area contributed by atoms with Crippen molar-refractivity contribution < 1.29 is 9.53 Å². The van der Waals surface area contributed by atoms with Gasteiger partial charge in [0.05, 0.1) is 19.3 Å². The zero-order valence-electron chi connectivity index (χ0n) is 11.1. The summed E-state index contributed by atoms with van der Waals surface area (Å²) in [7, 11) is 1.93. The molecular weight excluding hydrogens is 294 g/mol. The van der Waals surface area contributed by atoms with Crippen molar-refractivity contribution in [2.24, 2.45) is 0 Å². The molecule has 3 nitrogen and oxygen atoms in total. The van der Waals surface area contributed by atoms with Crippen LogP contribution in [0.2, 0.25) is 0 Å². The first-order valence-electron chi connectivity index (χ1n) is 6.08. The van der Waals surface area contributed by atoms with Crippen molar-refractivity contribution in [1.82, 2.24) is 4.90 Å². The van der Waals surface area contributed by atoms with Crippen molar-refractivity contribution in [3.8, 4) is 0 Å². The van der Waals surface area contributed by atoms with Gasteiger partial charge in [0.25, 0.3) is 0 Å². The van der Waals surface area contributed by atoms with E-state index in [9.17, 15) is 4.79 Å². The molecule has 0 heterocycles. The number of halogens is 1. The third-order valence-electron chi connectivity index (χ3n) is 2.50. The molecule has 0 bridgehead atoms. The van der Waals surface area contributed by atoms with Gasteiger partial charge in [-0.25, -0.2) is 0 Å². The number of Topliss-reactive ketones (excluding diaryl/α,β-unsaturated/α-hetero) is 1. The maximum absolute atomic E-state index is 12.0. The van der Waals surface area contributed by atoms with Gasteiger partial charge in [-0.3, -0.25) is 9.69 Å². The van der Waals surface area contributed by atoms with Gasteiger partial charge in [-0.1, -0.05) is 28.1 Å². The van der Waals surface area contributed by atoms with Gasteiger partial charge in [0.15, 0.2) is 5.78 Å². The Morgan fingerprint density at radius 3 is 2.50 bits per heavy atom. The summed E-state index contributed by atoms with van der Waals surface area (Å²) in [5.74, 6) is 0.134. The first-order chi connectivity index (χ1) is 8.49. The van der Waals surface area contributed by atoms with E-state index < -0.39 is 0 Å². The fourth-order valence-corrected chi connectivity index (χ4v) is 1.76. The lowest BCUT2D eigenvalue weighted by Gasteiger charge is -2.16. The van der Waals surface area contributed by atoms with E-state index in [2.05, 4.69) is 15.9 Å². The predicted octanol–water partition coefficient (Wildman–Crippen LogP) is 2.99. The van der Waals surface area contributed by atoms with Gasteiger partial charge in [0.2, 0.25) is 0 Å². The number of benzene rings is 1. The zero-order valence-corrected chi connectivity index (χ0v) is 12.7. The van der Waals surface area contributed by atoms with Crippen LogP contribution in [-0.2, 0) is 4.74 Å². The standard InChI is InChI=1S/C14H20BrNO2/c1-11(2)18-9-8-16(3)10-14(17)12-4-6-13(15)7-5-12/h4-7,11H,8-10H2,1-3H3. The molecule has 0 atom stereocenters. The third-order valence-corrected chi connectivity index (χ3v) is 3.03. The molecule has 1 aromatic rings. The second-order valence-corrected chi connectivity index (χ2v) is 5.50. The Balaban J connectivity index is 2.37. The van der Waals surface area contributed by atoms with E-state index in [-0.39, 0.29) is 11.9 Å². The van der Waals surface area contributed by atoms with Gasteiger partial charge in [0, 0.05) is 16.6 Å². The first-order valence-corrected chi connectivity index (χ1v) is 6.87. The zero-order chi connectivity index (χ0) is 13.5. The quantitative estimate of drug-likeness (QED) is 0.725. The molecule has 0 saturated heterocycles. The Kier molecular flexibility index (Phi) is 6.54. The molecule has 100 valence electrons. The largest absolute Gasteiger partial charge is 0.377 e. The molecule has 1 aromatic carbocycles. The lowest BCUT2D eigenvalue weighted by Crippen LogP contribution is -2.29.